The minimum atomic E-state index is -5.11. The van der Waals surface area contributed by atoms with Crippen molar-refractivity contribution in [2.75, 3.05) is 0 Å². The van der Waals surface area contributed by atoms with E-state index < -0.39 is 31.2 Å². The van der Waals surface area contributed by atoms with Crippen LogP contribution in [0.4, 0.5) is 0 Å². The van der Waals surface area contributed by atoms with E-state index in [4.69, 9.17) is 20.0 Å². The topological polar surface area (TPSA) is 150 Å². The SMILES string of the molecule is O=C(O)C(C(C(=O)O)P(=O)(O)O)n1ccnc1. The number of hydrogen-bond acceptors (Lipinski definition) is 4. The maximum absolute atomic E-state index is 11.0. The van der Waals surface area contributed by atoms with Crippen molar-refractivity contribution in [2.24, 2.45) is 0 Å². The molecule has 0 aliphatic heterocycles. The molecule has 0 radical (unpaired) electrons. The Labute approximate surface area is 94.5 Å². The van der Waals surface area contributed by atoms with Crippen LogP contribution in [0, 0.1) is 0 Å². The van der Waals surface area contributed by atoms with Crippen molar-refractivity contribution in [1.29, 1.82) is 0 Å². The van der Waals surface area contributed by atoms with Gasteiger partial charge in [0.1, 0.15) is 0 Å². The Morgan fingerprint density at radius 3 is 2.12 bits per heavy atom. The Morgan fingerprint density at radius 2 is 1.82 bits per heavy atom. The van der Waals surface area contributed by atoms with Crippen LogP contribution in [0.15, 0.2) is 18.7 Å². The lowest BCUT2D eigenvalue weighted by Gasteiger charge is -2.21. The van der Waals surface area contributed by atoms with E-state index in [2.05, 4.69) is 4.98 Å². The molecule has 0 amide bonds. The van der Waals surface area contributed by atoms with Crippen LogP contribution in [0.2, 0.25) is 0 Å². The third-order valence-electron chi connectivity index (χ3n) is 2.01. The molecule has 0 bridgehead atoms. The highest BCUT2D eigenvalue weighted by Gasteiger charge is 2.47. The first kappa shape index (κ1) is 13.4. The van der Waals surface area contributed by atoms with Gasteiger partial charge in [-0.3, -0.25) is 9.36 Å². The minimum Gasteiger partial charge on any atom is -0.480 e. The normalized spacial score (nSPS) is 15.2. The number of rotatable bonds is 5. The molecule has 4 N–H and O–H groups in total. The Kier molecular flexibility index (Phi) is 3.66. The molecule has 94 valence electrons. The van der Waals surface area contributed by atoms with Crippen LogP contribution in [0.3, 0.4) is 0 Å². The number of carboxylic acids is 2. The van der Waals surface area contributed by atoms with Crippen LogP contribution in [0.5, 0.6) is 0 Å². The lowest BCUT2D eigenvalue weighted by molar-refractivity contribution is -0.147. The highest BCUT2D eigenvalue weighted by atomic mass is 31.2. The summed E-state index contributed by atoms with van der Waals surface area (Å²) in [5, 5.41) is 17.6. The van der Waals surface area contributed by atoms with Gasteiger partial charge in [-0.25, -0.2) is 9.78 Å². The number of aliphatic carboxylic acids is 2. The highest BCUT2D eigenvalue weighted by molar-refractivity contribution is 7.53. The van der Waals surface area contributed by atoms with Gasteiger partial charge in [-0.2, -0.15) is 0 Å². The molecule has 2 unspecified atom stereocenters. The van der Waals surface area contributed by atoms with Gasteiger partial charge in [0, 0.05) is 12.4 Å². The van der Waals surface area contributed by atoms with Gasteiger partial charge >= 0.3 is 19.5 Å². The summed E-state index contributed by atoms with van der Waals surface area (Å²) in [5.74, 6) is -3.56. The van der Waals surface area contributed by atoms with Crippen LogP contribution in [-0.4, -0.2) is 47.1 Å². The van der Waals surface area contributed by atoms with E-state index in [-0.39, 0.29) is 0 Å². The van der Waals surface area contributed by atoms with Crippen molar-refractivity contribution in [3.8, 4) is 0 Å². The molecule has 0 saturated carbocycles. The average molecular weight is 264 g/mol. The molecule has 2 atom stereocenters. The molecule has 0 aliphatic rings. The van der Waals surface area contributed by atoms with E-state index in [0.29, 0.717) is 0 Å². The third-order valence-corrected chi connectivity index (χ3v) is 3.24. The number of imidazole rings is 1. The van der Waals surface area contributed by atoms with Crippen LogP contribution >= 0.6 is 7.60 Å². The largest absolute Gasteiger partial charge is 0.480 e. The quantitative estimate of drug-likeness (QED) is 0.501. The minimum absolute atomic E-state index is 0.820. The summed E-state index contributed by atoms with van der Waals surface area (Å²) in [4.78, 5) is 43.0. The van der Waals surface area contributed by atoms with E-state index in [1.54, 1.807) is 0 Å². The first-order valence-electron chi connectivity index (χ1n) is 4.23. The molecule has 0 aromatic carbocycles. The van der Waals surface area contributed by atoms with Crippen LogP contribution in [-0.2, 0) is 14.2 Å². The van der Waals surface area contributed by atoms with Crippen molar-refractivity contribution in [2.45, 2.75) is 11.7 Å². The first-order valence-corrected chi connectivity index (χ1v) is 5.91. The number of carbonyl (C=O) groups is 2. The second-order valence-electron chi connectivity index (χ2n) is 3.17. The van der Waals surface area contributed by atoms with E-state index in [1.165, 1.54) is 6.20 Å². The fourth-order valence-electron chi connectivity index (χ4n) is 1.32. The van der Waals surface area contributed by atoms with Gasteiger partial charge in [-0.15, -0.1) is 0 Å². The first-order chi connectivity index (χ1) is 7.75. The Bertz CT molecular complexity index is 465. The summed E-state index contributed by atoms with van der Waals surface area (Å²) < 4.78 is 11.9. The molecule has 9 nitrogen and oxygen atoms in total. The van der Waals surface area contributed by atoms with Gasteiger partial charge in [0.15, 0.2) is 11.7 Å². The Balaban J connectivity index is 3.26. The summed E-state index contributed by atoms with van der Waals surface area (Å²) in [6.45, 7) is 0. The average Bonchev–Trinajstić information content (AvgIpc) is 2.62. The summed E-state index contributed by atoms with van der Waals surface area (Å²) in [7, 11) is -5.11. The number of hydrogen-bond donors (Lipinski definition) is 4. The van der Waals surface area contributed by atoms with E-state index in [1.807, 2.05) is 0 Å². The Hall–Kier alpha value is -1.70. The maximum Gasteiger partial charge on any atom is 0.342 e. The fraction of sp³-hybridized carbons (Fsp3) is 0.286. The lowest BCUT2D eigenvalue weighted by atomic mass is 10.2. The van der Waals surface area contributed by atoms with E-state index in [0.717, 1.165) is 17.1 Å². The standard InChI is InChI=1S/C7H9N2O7P/c10-6(11)4(9-2-1-8-3-9)5(7(12)13)17(14,15)16/h1-5H,(H,10,11)(H,12,13)(H2,14,15,16). The van der Waals surface area contributed by atoms with Gasteiger partial charge in [0.2, 0.25) is 0 Å². The molecular weight excluding hydrogens is 255 g/mol. The second kappa shape index (κ2) is 4.66. The summed E-state index contributed by atoms with van der Waals surface area (Å²) >= 11 is 0. The Morgan fingerprint density at radius 1 is 1.24 bits per heavy atom. The zero-order valence-corrected chi connectivity index (χ0v) is 9.14. The molecule has 1 rings (SSSR count). The number of carboxylic acid groups (broad SMARTS) is 2. The lowest BCUT2D eigenvalue weighted by Crippen LogP contribution is -2.36. The third kappa shape index (κ3) is 2.90. The van der Waals surface area contributed by atoms with Crippen molar-refractivity contribution >= 4 is 19.5 Å². The molecule has 1 heterocycles. The smallest absolute Gasteiger partial charge is 0.342 e. The predicted molar refractivity (Wildman–Crippen MR) is 52.4 cm³/mol. The molecule has 17 heavy (non-hydrogen) atoms. The highest BCUT2D eigenvalue weighted by Crippen LogP contribution is 2.46. The van der Waals surface area contributed by atoms with Crippen molar-refractivity contribution in [1.82, 2.24) is 9.55 Å². The van der Waals surface area contributed by atoms with Gasteiger partial charge in [0.25, 0.3) is 0 Å². The molecule has 0 saturated heterocycles. The molecule has 0 fully saturated rings. The fourth-order valence-corrected chi connectivity index (χ4v) is 2.26. The second-order valence-corrected chi connectivity index (χ2v) is 4.90. The predicted octanol–water partition coefficient (Wildman–Crippen LogP) is -0.860. The molecule has 10 heteroatoms. The van der Waals surface area contributed by atoms with Gasteiger partial charge in [-0.05, 0) is 0 Å². The van der Waals surface area contributed by atoms with Gasteiger partial charge in [-0.1, -0.05) is 0 Å². The summed E-state index contributed by atoms with van der Waals surface area (Å²) in [5.41, 5.74) is -2.37. The molecular formula is C7H9N2O7P. The molecule has 0 spiro atoms. The zero-order chi connectivity index (χ0) is 13.2. The monoisotopic (exact) mass is 264 g/mol. The molecule has 1 aromatic rings. The molecule has 0 aliphatic carbocycles. The van der Waals surface area contributed by atoms with Crippen molar-refractivity contribution < 1.29 is 34.2 Å². The van der Waals surface area contributed by atoms with Gasteiger partial charge < -0.3 is 24.6 Å². The number of nitrogens with zero attached hydrogens (tertiary/aromatic N) is 2. The maximum atomic E-state index is 11.0. The van der Waals surface area contributed by atoms with E-state index in [9.17, 15) is 14.2 Å². The van der Waals surface area contributed by atoms with E-state index >= 15 is 0 Å². The van der Waals surface area contributed by atoms with Crippen LogP contribution in [0.25, 0.3) is 0 Å². The van der Waals surface area contributed by atoms with Crippen LogP contribution < -0.4 is 0 Å². The van der Waals surface area contributed by atoms with Crippen molar-refractivity contribution in [3.63, 3.8) is 0 Å². The number of aromatic nitrogens is 2. The zero-order valence-electron chi connectivity index (χ0n) is 8.24. The van der Waals surface area contributed by atoms with Crippen LogP contribution in [0.1, 0.15) is 6.04 Å². The molecule has 1 aromatic heterocycles. The summed E-state index contributed by atoms with van der Waals surface area (Å²) in [6.07, 6.45) is 3.27. The van der Waals surface area contributed by atoms with Gasteiger partial charge in [0.05, 0.1) is 6.33 Å². The van der Waals surface area contributed by atoms with Crippen molar-refractivity contribution in [3.05, 3.63) is 18.7 Å². The summed E-state index contributed by atoms with van der Waals surface area (Å²) in [6, 6.07) is -1.92.